The lowest BCUT2D eigenvalue weighted by Crippen LogP contribution is -2.44. The monoisotopic (exact) mass is 320 g/mol. The molecule has 2 N–H and O–H groups in total. The van der Waals surface area contributed by atoms with Crippen LogP contribution in [0, 0.1) is 18.3 Å². The molecule has 7 nitrogen and oxygen atoms in total. The molecule has 0 saturated carbocycles. The average Bonchev–Trinajstić information content (AvgIpc) is 2.50. The van der Waals surface area contributed by atoms with Gasteiger partial charge >= 0.3 is 0 Å². The van der Waals surface area contributed by atoms with Crippen LogP contribution in [0.1, 0.15) is 23.6 Å². The van der Waals surface area contributed by atoms with Crippen molar-refractivity contribution >= 4 is 0 Å². The van der Waals surface area contributed by atoms with Crippen LogP contribution in [-0.4, -0.2) is 63.9 Å². The zero-order valence-corrected chi connectivity index (χ0v) is 13.9. The van der Waals surface area contributed by atoms with E-state index in [1.165, 1.54) is 6.92 Å². The smallest absolute Gasteiger partial charge is 0.271 e. The van der Waals surface area contributed by atoms with Crippen LogP contribution in [0.5, 0.6) is 5.88 Å². The van der Waals surface area contributed by atoms with E-state index in [9.17, 15) is 20.3 Å². The fourth-order valence-electron chi connectivity index (χ4n) is 2.86. The highest BCUT2D eigenvalue weighted by molar-refractivity contribution is 5.45. The van der Waals surface area contributed by atoms with E-state index in [4.69, 9.17) is 0 Å². The Bertz CT molecular complexity index is 667. The third kappa shape index (κ3) is 3.72. The fraction of sp³-hybridized carbons (Fsp3) is 0.625. The minimum atomic E-state index is -0.788. The molecular weight excluding hydrogens is 296 g/mol. The normalized spacial score (nSPS) is 17.9. The summed E-state index contributed by atoms with van der Waals surface area (Å²) in [5, 5.41) is 29.4. The maximum absolute atomic E-state index is 12.3. The molecule has 1 aromatic heterocycles. The Morgan fingerprint density at radius 1 is 1.30 bits per heavy atom. The second-order valence-electron chi connectivity index (χ2n) is 6.26. The minimum Gasteiger partial charge on any atom is -0.494 e. The summed E-state index contributed by atoms with van der Waals surface area (Å²) in [6.45, 7) is 7.31. The standard InChI is InChI=1S/C16H24N4O3/c1-11(21)9-20-15(22)13(8-17)12(2)14(16(20)23)10-19-6-4-18(3)5-7-19/h11,21,23H,4-7,9-10H2,1-3H3/t11-/m0/s1. The Morgan fingerprint density at radius 3 is 2.43 bits per heavy atom. The van der Waals surface area contributed by atoms with E-state index in [1.807, 2.05) is 6.07 Å². The van der Waals surface area contributed by atoms with Crippen molar-refractivity contribution in [1.29, 1.82) is 5.26 Å². The molecule has 0 unspecified atom stereocenters. The Kier molecular flexibility index (Phi) is 5.42. The van der Waals surface area contributed by atoms with Gasteiger partial charge in [0.05, 0.1) is 12.6 Å². The molecule has 0 amide bonds. The molecule has 0 aromatic carbocycles. The molecule has 2 heterocycles. The van der Waals surface area contributed by atoms with Crippen LogP contribution >= 0.6 is 0 Å². The zero-order valence-electron chi connectivity index (χ0n) is 13.9. The number of hydrogen-bond donors (Lipinski definition) is 2. The second-order valence-corrected chi connectivity index (χ2v) is 6.26. The van der Waals surface area contributed by atoms with Gasteiger partial charge in [-0.05, 0) is 26.5 Å². The van der Waals surface area contributed by atoms with Crippen LogP contribution in [0.4, 0.5) is 0 Å². The Balaban J connectivity index is 2.42. The molecule has 0 spiro atoms. The number of nitriles is 1. The Hall–Kier alpha value is -1.88. The van der Waals surface area contributed by atoms with E-state index < -0.39 is 11.7 Å². The van der Waals surface area contributed by atoms with Gasteiger partial charge in [0.25, 0.3) is 5.56 Å². The second kappa shape index (κ2) is 7.13. The summed E-state index contributed by atoms with van der Waals surface area (Å²) in [7, 11) is 2.07. The van der Waals surface area contributed by atoms with Crippen molar-refractivity contribution in [2.75, 3.05) is 33.2 Å². The molecule has 1 aromatic rings. The molecule has 23 heavy (non-hydrogen) atoms. The molecule has 1 fully saturated rings. The number of likely N-dealkylation sites (N-methyl/N-ethyl adjacent to an activating group) is 1. The third-order valence-corrected chi connectivity index (χ3v) is 4.35. The molecule has 7 heteroatoms. The number of aliphatic hydroxyl groups excluding tert-OH is 1. The largest absolute Gasteiger partial charge is 0.494 e. The van der Waals surface area contributed by atoms with E-state index in [-0.39, 0.29) is 18.0 Å². The molecule has 1 aliphatic rings. The van der Waals surface area contributed by atoms with Gasteiger partial charge in [-0.25, -0.2) is 0 Å². The molecule has 2 rings (SSSR count). The van der Waals surface area contributed by atoms with Gasteiger partial charge in [0, 0.05) is 38.3 Å². The van der Waals surface area contributed by atoms with Crippen molar-refractivity contribution in [3.8, 4) is 11.9 Å². The van der Waals surface area contributed by atoms with Crippen molar-refractivity contribution in [3.05, 3.63) is 27.0 Å². The molecule has 0 aliphatic carbocycles. The van der Waals surface area contributed by atoms with Gasteiger partial charge in [-0.1, -0.05) is 0 Å². The lowest BCUT2D eigenvalue weighted by Gasteiger charge is -2.33. The SMILES string of the molecule is Cc1c(CN2CCN(C)CC2)c(O)n(C[C@H](C)O)c(=O)c1C#N. The first-order chi connectivity index (χ1) is 10.8. The first kappa shape index (κ1) is 17.5. The van der Waals surface area contributed by atoms with E-state index in [0.717, 1.165) is 30.7 Å². The highest BCUT2D eigenvalue weighted by Gasteiger charge is 2.22. The number of hydrogen-bond acceptors (Lipinski definition) is 6. The van der Waals surface area contributed by atoms with Gasteiger partial charge in [-0.2, -0.15) is 5.26 Å². The van der Waals surface area contributed by atoms with Gasteiger partial charge in [-0.15, -0.1) is 0 Å². The number of aromatic hydroxyl groups is 1. The summed E-state index contributed by atoms with van der Waals surface area (Å²) in [5.41, 5.74) is 0.597. The van der Waals surface area contributed by atoms with E-state index in [1.54, 1.807) is 6.92 Å². The predicted octanol–water partition coefficient (Wildman–Crippen LogP) is -0.138. The highest BCUT2D eigenvalue weighted by atomic mass is 16.3. The summed E-state index contributed by atoms with van der Waals surface area (Å²) in [4.78, 5) is 16.7. The number of piperazine rings is 1. The van der Waals surface area contributed by atoms with Crippen LogP contribution in [0.2, 0.25) is 0 Å². The van der Waals surface area contributed by atoms with Crippen LogP contribution in [0.3, 0.4) is 0 Å². The van der Waals surface area contributed by atoms with Crippen LogP contribution in [0.25, 0.3) is 0 Å². The van der Waals surface area contributed by atoms with E-state index in [0.29, 0.717) is 17.7 Å². The number of aromatic nitrogens is 1. The topological polar surface area (TPSA) is 92.7 Å². The van der Waals surface area contributed by atoms with Gasteiger partial charge < -0.3 is 15.1 Å². The van der Waals surface area contributed by atoms with Gasteiger partial charge in [0.15, 0.2) is 5.88 Å². The molecule has 1 saturated heterocycles. The van der Waals surface area contributed by atoms with Crippen molar-refractivity contribution in [3.63, 3.8) is 0 Å². The molecular formula is C16H24N4O3. The Labute approximate surface area is 136 Å². The number of nitrogens with zero attached hydrogens (tertiary/aromatic N) is 4. The molecule has 1 atom stereocenters. The predicted molar refractivity (Wildman–Crippen MR) is 86.3 cm³/mol. The summed E-state index contributed by atoms with van der Waals surface area (Å²) < 4.78 is 1.10. The van der Waals surface area contributed by atoms with Crippen LogP contribution in [0.15, 0.2) is 4.79 Å². The summed E-state index contributed by atoms with van der Waals surface area (Å²) >= 11 is 0. The molecule has 0 radical (unpaired) electrons. The van der Waals surface area contributed by atoms with Crippen molar-refractivity contribution < 1.29 is 10.2 Å². The van der Waals surface area contributed by atoms with Crippen LogP contribution < -0.4 is 5.56 Å². The van der Waals surface area contributed by atoms with Gasteiger partial charge in [-0.3, -0.25) is 14.3 Å². The minimum absolute atomic E-state index is 0.0324. The van der Waals surface area contributed by atoms with Crippen molar-refractivity contribution in [2.45, 2.75) is 33.0 Å². The quantitative estimate of drug-likeness (QED) is 0.802. The molecule has 1 aliphatic heterocycles. The molecule has 0 bridgehead atoms. The van der Waals surface area contributed by atoms with Crippen molar-refractivity contribution in [1.82, 2.24) is 14.4 Å². The lowest BCUT2D eigenvalue weighted by atomic mass is 10.0. The fourth-order valence-corrected chi connectivity index (χ4v) is 2.86. The van der Waals surface area contributed by atoms with E-state index >= 15 is 0 Å². The summed E-state index contributed by atoms with van der Waals surface area (Å²) in [6, 6.07) is 1.94. The molecule has 126 valence electrons. The maximum atomic E-state index is 12.3. The third-order valence-electron chi connectivity index (χ3n) is 4.35. The summed E-state index contributed by atoms with van der Waals surface area (Å²) in [6.07, 6.45) is -0.788. The van der Waals surface area contributed by atoms with Crippen LogP contribution in [-0.2, 0) is 13.1 Å². The van der Waals surface area contributed by atoms with Gasteiger partial charge in [0.1, 0.15) is 11.6 Å². The first-order valence-corrected chi connectivity index (χ1v) is 7.79. The number of aliphatic hydroxyl groups is 1. The van der Waals surface area contributed by atoms with Gasteiger partial charge in [0.2, 0.25) is 0 Å². The lowest BCUT2D eigenvalue weighted by molar-refractivity contribution is 0.144. The maximum Gasteiger partial charge on any atom is 0.271 e. The summed E-state index contributed by atoms with van der Waals surface area (Å²) in [5.74, 6) is -0.147. The zero-order chi connectivity index (χ0) is 17.1. The first-order valence-electron chi connectivity index (χ1n) is 7.79. The highest BCUT2D eigenvalue weighted by Crippen LogP contribution is 2.24. The van der Waals surface area contributed by atoms with Crippen molar-refractivity contribution in [2.24, 2.45) is 0 Å². The average molecular weight is 320 g/mol. The Morgan fingerprint density at radius 2 is 1.91 bits per heavy atom. The van der Waals surface area contributed by atoms with E-state index in [2.05, 4.69) is 16.8 Å². The number of pyridine rings is 1. The number of rotatable bonds is 4.